The Morgan fingerprint density at radius 2 is 2.29 bits per heavy atom. The zero-order chi connectivity index (χ0) is 10.4. The zero-order valence-corrected chi connectivity index (χ0v) is 9.08. The molecule has 0 aliphatic heterocycles. The lowest BCUT2D eigenvalue weighted by Crippen LogP contribution is -2.15. The molecule has 0 spiro atoms. The maximum Gasteiger partial charge on any atom is 0.0529 e. The normalized spacial score (nSPS) is 12.5. The van der Waals surface area contributed by atoms with E-state index in [4.69, 9.17) is 4.74 Å². The molecule has 0 saturated heterocycles. The predicted molar refractivity (Wildman–Crippen MR) is 58.5 cm³/mol. The molecule has 1 aromatic heterocycles. The molecule has 0 aliphatic carbocycles. The van der Waals surface area contributed by atoms with Gasteiger partial charge >= 0.3 is 0 Å². The van der Waals surface area contributed by atoms with Crippen molar-refractivity contribution in [1.29, 1.82) is 0 Å². The molecule has 1 atom stereocenters. The molecule has 0 amide bonds. The molecule has 3 nitrogen and oxygen atoms in total. The van der Waals surface area contributed by atoms with Crippen LogP contribution in [-0.4, -0.2) is 25.2 Å². The van der Waals surface area contributed by atoms with Crippen LogP contribution in [0.3, 0.4) is 0 Å². The zero-order valence-electron chi connectivity index (χ0n) is 9.08. The van der Waals surface area contributed by atoms with Gasteiger partial charge in [-0.2, -0.15) is 0 Å². The summed E-state index contributed by atoms with van der Waals surface area (Å²) in [5, 5.41) is 3.33. The summed E-state index contributed by atoms with van der Waals surface area (Å²) < 4.78 is 5.06. The molecule has 78 valence electrons. The highest BCUT2D eigenvalue weighted by atomic mass is 16.5. The largest absolute Gasteiger partial charge is 0.384 e. The van der Waals surface area contributed by atoms with Crippen LogP contribution in [-0.2, 0) is 4.74 Å². The molecule has 1 aromatic rings. The fourth-order valence-electron chi connectivity index (χ4n) is 1.29. The van der Waals surface area contributed by atoms with Gasteiger partial charge in [0.2, 0.25) is 0 Å². The minimum atomic E-state index is 0.514. The summed E-state index contributed by atoms with van der Waals surface area (Å²) in [5.41, 5.74) is 2.25. The van der Waals surface area contributed by atoms with Gasteiger partial charge in [0, 0.05) is 26.0 Å². The Kier molecular flexibility index (Phi) is 4.40. The van der Waals surface area contributed by atoms with Gasteiger partial charge in [-0.3, -0.25) is 4.98 Å². The summed E-state index contributed by atoms with van der Waals surface area (Å²) in [4.78, 5) is 4.11. The van der Waals surface area contributed by atoms with Crippen LogP contribution >= 0.6 is 0 Å². The van der Waals surface area contributed by atoms with E-state index in [9.17, 15) is 0 Å². The van der Waals surface area contributed by atoms with Crippen LogP contribution in [0.2, 0.25) is 0 Å². The summed E-state index contributed by atoms with van der Waals surface area (Å²) in [6, 6.07) is 2.09. The quantitative estimate of drug-likeness (QED) is 0.779. The van der Waals surface area contributed by atoms with Crippen molar-refractivity contribution in [3.8, 4) is 0 Å². The molecule has 3 heteroatoms. The molecule has 0 radical (unpaired) electrons. The number of methoxy groups -OCH3 is 1. The van der Waals surface area contributed by atoms with E-state index in [0.29, 0.717) is 5.92 Å². The minimum absolute atomic E-state index is 0.514. The third kappa shape index (κ3) is 3.75. The first-order valence-corrected chi connectivity index (χ1v) is 4.87. The molecule has 0 saturated carbocycles. The van der Waals surface area contributed by atoms with Crippen LogP contribution in [0.25, 0.3) is 0 Å². The summed E-state index contributed by atoms with van der Waals surface area (Å²) in [5.74, 6) is 0.514. The number of hydrogen-bond acceptors (Lipinski definition) is 3. The van der Waals surface area contributed by atoms with Gasteiger partial charge in [0.15, 0.2) is 0 Å². The molecule has 14 heavy (non-hydrogen) atoms. The Bertz CT molecular complexity index is 276. The number of nitrogens with one attached hydrogen (secondary N) is 1. The number of ether oxygens (including phenoxy) is 1. The maximum atomic E-state index is 5.06. The Morgan fingerprint density at radius 3 is 2.93 bits per heavy atom. The lowest BCUT2D eigenvalue weighted by Gasteiger charge is -2.12. The van der Waals surface area contributed by atoms with Gasteiger partial charge in [-0.15, -0.1) is 0 Å². The van der Waals surface area contributed by atoms with Crippen LogP contribution in [0.15, 0.2) is 18.5 Å². The Hall–Kier alpha value is -1.09. The van der Waals surface area contributed by atoms with Crippen LogP contribution in [0.5, 0.6) is 0 Å². The van der Waals surface area contributed by atoms with Crippen molar-refractivity contribution in [3.05, 3.63) is 24.0 Å². The second kappa shape index (κ2) is 5.60. The van der Waals surface area contributed by atoms with Crippen molar-refractivity contribution in [2.45, 2.75) is 13.8 Å². The monoisotopic (exact) mass is 194 g/mol. The third-order valence-corrected chi connectivity index (χ3v) is 1.98. The standard InChI is InChI=1S/C11H18N2O/c1-9-4-11(7-12-5-9)13-6-10(2)8-14-3/h4-5,7,10,13H,6,8H2,1-3H3. The molecule has 0 bridgehead atoms. The summed E-state index contributed by atoms with van der Waals surface area (Å²) in [6.07, 6.45) is 3.69. The Labute approximate surface area is 85.5 Å². The van der Waals surface area contributed by atoms with Crippen molar-refractivity contribution < 1.29 is 4.74 Å². The van der Waals surface area contributed by atoms with E-state index in [1.165, 1.54) is 5.56 Å². The van der Waals surface area contributed by atoms with Crippen LogP contribution in [0.1, 0.15) is 12.5 Å². The molecule has 0 aromatic carbocycles. The predicted octanol–water partition coefficient (Wildman–Crippen LogP) is 2.08. The highest BCUT2D eigenvalue weighted by molar-refractivity contribution is 5.42. The first-order chi connectivity index (χ1) is 6.72. The van der Waals surface area contributed by atoms with Gasteiger partial charge in [-0.1, -0.05) is 6.92 Å². The smallest absolute Gasteiger partial charge is 0.0529 e. The number of nitrogens with zero attached hydrogens (tertiary/aromatic N) is 1. The van der Waals surface area contributed by atoms with Crippen molar-refractivity contribution >= 4 is 5.69 Å². The van der Waals surface area contributed by atoms with Crippen molar-refractivity contribution in [2.24, 2.45) is 5.92 Å². The number of aromatic nitrogens is 1. The molecule has 1 rings (SSSR count). The second-order valence-corrected chi connectivity index (χ2v) is 3.69. The summed E-state index contributed by atoms with van der Waals surface area (Å²) in [7, 11) is 1.73. The van der Waals surface area contributed by atoms with E-state index < -0.39 is 0 Å². The van der Waals surface area contributed by atoms with Crippen LogP contribution < -0.4 is 5.32 Å². The first kappa shape index (κ1) is 11.0. The number of pyridine rings is 1. The van der Waals surface area contributed by atoms with E-state index in [0.717, 1.165) is 18.8 Å². The van der Waals surface area contributed by atoms with E-state index in [1.54, 1.807) is 7.11 Å². The fraction of sp³-hybridized carbons (Fsp3) is 0.545. The minimum Gasteiger partial charge on any atom is -0.384 e. The SMILES string of the molecule is COCC(C)CNc1cncc(C)c1. The molecule has 1 heterocycles. The van der Waals surface area contributed by atoms with Gasteiger partial charge in [0.25, 0.3) is 0 Å². The number of anilines is 1. The third-order valence-electron chi connectivity index (χ3n) is 1.98. The van der Waals surface area contributed by atoms with Crippen LogP contribution in [0.4, 0.5) is 5.69 Å². The van der Waals surface area contributed by atoms with Gasteiger partial charge < -0.3 is 10.1 Å². The second-order valence-electron chi connectivity index (χ2n) is 3.69. The molecule has 0 aliphatic rings. The lowest BCUT2D eigenvalue weighted by molar-refractivity contribution is 0.164. The van der Waals surface area contributed by atoms with Gasteiger partial charge in [0.05, 0.1) is 12.3 Å². The van der Waals surface area contributed by atoms with E-state index in [-0.39, 0.29) is 0 Å². The average molecular weight is 194 g/mol. The maximum absolute atomic E-state index is 5.06. The molecular weight excluding hydrogens is 176 g/mol. The number of hydrogen-bond donors (Lipinski definition) is 1. The van der Waals surface area contributed by atoms with Crippen molar-refractivity contribution in [1.82, 2.24) is 4.98 Å². The van der Waals surface area contributed by atoms with Crippen molar-refractivity contribution in [2.75, 3.05) is 25.6 Å². The Balaban J connectivity index is 2.37. The van der Waals surface area contributed by atoms with Gasteiger partial charge in [-0.05, 0) is 24.5 Å². The van der Waals surface area contributed by atoms with E-state index >= 15 is 0 Å². The highest BCUT2D eigenvalue weighted by Gasteiger charge is 2.00. The van der Waals surface area contributed by atoms with Crippen LogP contribution in [0, 0.1) is 12.8 Å². The highest BCUT2D eigenvalue weighted by Crippen LogP contribution is 2.08. The number of rotatable bonds is 5. The first-order valence-electron chi connectivity index (χ1n) is 4.87. The van der Waals surface area contributed by atoms with Gasteiger partial charge in [-0.25, -0.2) is 0 Å². The topological polar surface area (TPSA) is 34.1 Å². The molecule has 1 unspecified atom stereocenters. The lowest BCUT2D eigenvalue weighted by atomic mass is 10.2. The Morgan fingerprint density at radius 1 is 1.50 bits per heavy atom. The summed E-state index contributed by atoms with van der Waals surface area (Å²) >= 11 is 0. The fourth-order valence-corrected chi connectivity index (χ4v) is 1.29. The number of aryl methyl sites for hydroxylation is 1. The molecule has 0 fully saturated rings. The van der Waals surface area contributed by atoms with E-state index in [1.807, 2.05) is 19.3 Å². The molecule has 1 N–H and O–H groups in total. The van der Waals surface area contributed by atoms with E-state index in [2.05, 4.69) is 23.3 Å². The van der Waals surface area contributed by atoms with Crippen molar-refractivity contribution in [3.63, 3.8) is 0 Å². The van der Waals surface area contributed by atoms with Gasteiger partial charge in [0.1, 0.15) is 0 Å². The average Bonchev–Trinajstić information content (AvgIpc) is 2.15. The summed E-state index contributed by atoms with van der Waals surface area (Å²) in [6.45, 7) is 5.89. The molecular formula is C11H18N2O.